The van der Waals surface area contributed by atoms with Crippen molar-refractivity contribution in [3.63, 3.8) is 0 Å². The minimum absolute atomic E-state index is 0.162. The molecule has 32 heavy (non-hydrogen) atoms. The van der Waals surface area contributed by atoms with E-state index in [4.69, 9.17) is 21.1 Å². The van der Waals surface area contributed by atoms with Crippen molar-refractivity contribution in [1.29, 1.82) is 0 Å². The van der Waals surface area contributed by atoms with Crippen LogP contribution in [0.25, 0.3) is 0 Å². The van der Waals surface area contributed by atoms with Crippen LogP contribution in [0.1, 0.15) is 25.8 Å². The Balaban J connectivity index is 1.68. The van der Waals surface area contributed by atoms with E-state index < -0.39 is 6.10 Å². The number of ether oxygens (including phenoxy) is 2. The van der Waals surface area contributed by atoms with Crippen molar-refractivity contribution in [2.45, 2.75) is 31.7 Å². The van der Waals surface area contributed by atoms with E-state index in [1.165, 1.54) is 11.8 Å². The number of thioether (sulfide) groups is 1. The van der Waals surface area contributed by atoms with E-state index in [0.717, 1.165) is 0 Å². The second-order valence-electron chi connectivity index (χ2n) is 6.70. The second-order valence-corrected chi connectivity index (χ2v) is 8.05. The Hall–Kier alpha value is -2.97. The number of halogens is 1. The van der Waals surface area contributed by atoms with Gasteiger partial charge in [-0.3, -0.25) is 9.36 Å². The summed E-state index contributed by atoms with van der Waals surface area (Å²) in [5.74, 6) is 1.81. The van der Waals surface area contributed by atoms with Crippen molar-refractivity contribution >= 4 is 35.0 Å². The number of carbonyl (C=O) groups is 1. The fourth-order valence-electron chi connectivity index (χ4n) is 2.96. The monoisotopic (exact) mass is 472 g/mol. The lowest BCUT2D eigenvalue weighted by molar-refractivity contribution is -0.113. The Labute approximate surface area is 196 Å². The number of rotatable bonds is 11. The van der Waals surface area contributed by atoms with Gasteiger partial charge in [-0.2, -0.15) is 0 Å². The van der Waals surface area contributed by atoms with Gasteiger partial charge in [0.15, 0.2) is 17.1 Å². The number of nitrogens with one attached hydrogen (secondary N) is 1. The summed E-state index contributed by atoms with van der Waals surface area (Å²) in [6.45, 7) is 8.58. The summed E-state index contributed by atoms with van der Waals surface area (Å²) >= 11 is 7.49. The SMILES string of the molecule is C=CCn1c(SCC(=O)Nc2ccccc2OCC)nnc1C(C)Oc1ccccc1Cl. The number of aromatic nitrogens is 3. The third-order valence-corrected chi connectivity index (χ3v) is 5.63. The molecule has 1 amide bonds. The third-order valence-electron chi connectivity index (χ3n) is 4.35. The highest BCUT2D eigenvalue weighted by atomic mass is 35.5. The number of amides is 1. The summed E-state index contributed by atoms with van der Waals surface area (Å²) in [4.78, 5) is 12.5. The number of nitrogens with zero attached hydrogens (tertiary/aromatic N) is 3. The Morgan fingerprint density at radius 2 is 1.94 bits per heavy atom. The van der Waals surface area contributed by atoms with Gasteiger partial charge < -0.3 is 14.8 Å². The summed E-state index contributed by atoms with van der Waals surface area (Å²) < 4.78 is 13.4. The lowest BCUT2D eigenvalue weighted by Gasteiger charge is -2.16. The van der Waals surface area contributed by atoms with Crippen molar-refractivity contribution in [2.24, 2.45) is 0 Å². The minimum Gasteiger partial charge on any atom is -0.492 e. The van der Waals surface area contributed by atoms with Crippen molar-refractivity contribution < 1.29 is 14.3 Å². The second kappa shape index (κ2) is 11.6. The van der Waals surface area contributed by atoms with Gasteiger partial charge in [0, 0.05) is 6.54 Å². The fourth-order valence-corrected chi connectivity index (χ4v) is 3.89. The number of anilines is 1. The number of carbonyl (C=O) groups excluding carboxylic acids is 1. The maximum absolute atomic E-state index is 12.5. The zero-order valence-electron chi connectivity index (χ0n) is 18.0. The molecule has 1 atom stereocenters. The van der Waals surface area contributed by atoms with E-state index in [1.54, 1.807) is 24.3 Å². The van der Waals surface area contributed by atoms with Crippen LogP contribution in [0.5, 0.6) is 11.5 Å². The van der Waals surface area contributed by atoms with Gasteiger partial charge >= 0.3 is 0 Å². The summed E-state index contributed by atoms with van der Waals surface area (Å²) in [5, 5.41) is 12.5. The predicted molar refractivity (Wildman–Crippen MR) is 128 cm³/mol. The molecule has 1 heterocycles. The number of para-hydroxylation sites is 3. The van der Waals surface area contributed by atoms with Crippen LogP contribution in [0.15, 0.2) is 66.3 Å². The van der Waals surface area contributed by atoms with E-state index >= 15 is 0 Å². The van der Waals surface area contributed by atoms with Crippen LogP contribution in [-0.2, 0) is 11.3 Å². The smallest absolute Gasteiger partial charge is 0.234 e. The third kappa shape index (κ3) is 6.05. The highest BCUT2D eigenvalue weighted by Gasteiger charge is 2.20. The van der Waals surface area contributed by atoms with Gasteiger partial charge in [0.2, 0.25) is 5.91 Å². The van der Waals surface area contributed by atoms with Crippen molar-refractivity contribution in [2.75, 3.05) is 17.7 Å². The molecule has 1 aromatic heterocycles. The summed E-state index contributed by atoms with van der Waals surface area (Å²) in [6, 6.07) is 14.6. The highest BCUT2D eigenvalue weighted by molar-refractivity contribution is 7.99. The van der Waals surface area contributed by atoms with E-state index in [2.05, 4.69) is 22.1 Å². The minimum atomic E-state index is -0.399. The Kier molecular flexibility index (Phi) is 8.58. The average molecular weight is 473 g/mol. The molecule has 9 heteroatoms. The summed E-state index contributed by atoms with van der Waals surface area (Å²) in [5.41, 5.74) is 0.634. The maximum atomic E-state index is 12.5. The largest absolute Gasteiger partial charge is 0.492 e. The van der Waals surface area contributed by atoms with E-state index in [9.17, 15) is 4.79 Å². The molecule has 0 aliphatic carbocycles. The van der Waals surface area contributed by atoms with Gasteiger partial charge in [-0.25, -0.2) is 0 Å². The zero-order valence-corrected chi connectivity index (χ0v) is 19.5. The first-order valence-corrected chi connectivity index (χ1v) is 11.5. The molecule has 0 fully saturated rings. The molecule has 1 N–H and O–H groups in total. The molecule has 0 aliphatic rings. The van der Waals surface area contributed by atoms with Gasteiger partial charge in [-0.1, -0.05) is 53.7 Å². The molecular weight excluding hydrogens is 448 g/mol. The number of allylic oxidation sites excluding steroid dienone is 1. The molecule has 0 aliphatic heterocycles. The lowest BCUT2D eigenvalue weighted by atomic mass is 10.3. The van der Waals surface area contributed by atoms with Crippen LogP contribution in [0.2, 0.25) is 5.02 Å². The fraction of sp³-hybridized carbons (Fsp3) is 0.261. The first kappa shape index (κ1) is 23.7. The normalized spacial score (nSPS) is 11.6. The lowest BCUT2D eigenvalue weighted by Crippen LogP contribution is -2.16. The maximum Gasteiger partial charge on any atom is 0.234 e. The Morgan fingerprint density at radius 1 is 1.22 bits per heavy atom. The molecule has 168 valence electrons. The summed E-state index contributed by atoms with van der Waals surface area (Å²) in [6.07, 6.45) is 1.35. The highest BCUT2D eigenvalue weighted by Crippen LogP contribution is 2.30. The number of hydrogen-bond donors (Lipinski definition) is 1. The molecule has 0 spiro atoms. The van der Waals surface area contributed by atoms with Crippen molar-refractivity contribution in [1.82, 2.24) is 14.8 Å². The standard InChI is InChI=1S/C23H25ClN4O3S/c1-4-14-28-22(16(3)31-19-12-8-6-10-17(19)24)26-27-23(28)32-15-21(29)25-18-11-7-9-13-20(18)30-5-2/h4,6-13,16H,1,5,14-15H2,2-3H3,(H,25,29). The van der Waals surface area contributed by atoms with E-state index in [-0.39, 0.29) is 11.7 Å². The Bertz CT molecular complexity index is 1070. The van der Waals surface area contributed by atoms with E-state index in [0.29, 0.717) is 46.3 Å². The average Bonchev–Trinajstić information content (AvgIpc) is 3.18. The zero-order chi connectivity index (χ0) is 22.9. The topological polar surface area (TPSA) is 78.3 Å². The molecule has 1 unspecified atom stereocenters. The van der Waals surface area contributed by atoms with Gasteiger partial charge in [0.25, 0.3) is 0 Å². The number of hydrogen-bond acceptors (Lipinski definition) is 6. The molecule has 3 aromatic rings. The molecular formula is C23H25ClN4O3S. The van der Waals surface area contributed by atoms with E-state index in [1.807, 2.05) is 48.7 Å². The first-order chi connectivity index (χ1) is 15.5. The van der Waals surface area contributed by atoms with Gasteiger partial charge in [0.05, 0.1) is 23.1 Å². The summed E-state index contributed by atoms with van der Waals surface area (Å²) in [7, 11) is 0. The van der Waals surface area contributed by atoms with Crippen LogP contribution < -0.4 is 14.8 Å². The van der Waals surface area contributed by atoms with Gasteiger partial charge in [0.1, 0.15) is 11.5 Å². The molecule has 0 radical (unpaired) electrons. The van der Waals surface area contributed by atoms with Crippen molar-refractivity contribution in [3.8, 4) is 11.5 Å². The quantitative estimate of drug-likeness (QED) is 0.298. The molecule has 3 rings (SSSR count). The van der Waals surface area contributed by atoms with Crippen molar-refractivity contribution in [3.05, 3.63) is 72.0 Å². The van der Waals surface area contributed by atoms with Crippen LogP contribution in [0, 0.1) is 0 Å². The van der Waals surface area contributed by atoms with Crippen LogP contribution in [0.3, 0.4) is 0 Å². The van der Waals surface area contributed by atoms with Gasteiger partial charge in [-0.15, -0.1) is 16.8 Å². The molecule has 0 saturated heterocycles. The van der Waals surface area contributed by atoms with Crippen LogP contribution >= 0.6 is 23.4 Å². The number of benzene rings is 2. The Morgan fingerprint density at radius 3 is 2.66 bits per heavy atom. The molecule has 0 saturated carbocycles. The van der Waals surface area contributed by atoms with Gasteiger partial charge in [-0.05, 0) is 38.1 Å². The van der Waals surface area contributed by atoms with Crippen LogP contribution in [-0.4, -0.2) is 33.0 Å². The molecule has 7 nitrogen and oxygen atoms in total. The first-order valence-electron chi connectivity index (χ1n) is 10.1. The predicted octanol–water partition coefficient (Wildman–Crippen LogP) is 5.39. The van der Waals surface area contributed by atoms with Crippen LogP contribution in [0.4, 0.5) is 5.69 Å². The molecule has 2 aromatic carbocycles. The molecule has 0 bridgehead atoms.